The second-order valence-electron chi connectivity index (χ2n) is 4.37. The lowest BCUT2D eigenvalue weighted by molar-refractivity contribution is 0.127. The molecule has 1 heterocycles. The van der Waals surface area contributed by atoms with Crippen LogP contribution < -0.4 is 5.32 Å². The van der Waals surface area contributed by atoms with Crippen LogP contribution in [0, 0.1) is 5.92 Å². The fourth-order valence-electron chi connectivity index (χ4n) is 1.60. The van der Waals surface area contributed by atoms with Gasteiger partial charge >= 0.3 is 0 Å². The van der Waals surface area contributed by atoms with Crippen molar-refractivity contribution in [2.24, 2.45) is 5.92 Å². The van der Waals surface area contributed by atoms with E-state index in [1.165, 1.54) is 12.2 Å². The highest BCUT2D eigenvalue weighted by Crippen LogP contribution is 2.25. The summed E-state index contributed by atoms with van der Waals surface area (Å²) in [6.07, 6.45) is 1.70. The van der Waals surface area contributed by atoms with E-state index in [1.54, 1.807) is 0 Å². The molecule has 1 saturated heterocycles. The van der Waals surface area contributed by atoms with Gasteiger partial charge in [-0.3, -0.25) is 0 Å². The van der Waals surface area contributed by atoms with E-state index in [-0.39, 0.29) is 0 Å². The molecule has 0 spiro atoms. The van der Waals surface area contributed by atoms with Crippen LogP contribution in [-0.2, 0) is 4.74 Å². The van der Waals surface area contributed by atoms with Gasteiger partial charge in [-0.05, 0) is 25.8 Å². The first kappa shape index (κ1) is 12.3. The first-order valence-electron chi connectivity index (χ1n) is 5.64. The predicted molar refractivity (Wildman–Crippen MR) is 64.0 cm³/mol. The van der Waals surface area contributed by atoms with Crippen molar-refractivity contribution in [1.82, 2.24) is 5.32 Å². The zero-order valence-electron chi connectivity index (χ0n) is 9.58. The minimum atomic E-state index is 0.463. The molecule has 14 heavy (non-hydrogen) atoms. The Balaban J connectivity index is 1.93. The number of hydrogen-bond acceptors (Lipinski definition) is 3. The summed E-state index contributed by atoms with van der Waals surface area (Å²) in [6.45, 7) is 9.90. The van der Waals surface area contributed by atoms with E-state index in [0.29, 0.717) is 6.10 Å². The van der Waals surface area contributed by atoms with Crippen LogP contribution >= 0.6 is 11.8 Å². The first-order valence-corrected chi connectivity index (χ1v) is 6.69. The van der Waals surface area contributed by atoms with E-state index in [4.69, 9.17) is 4.74 Å². The van der Waals surface area contributed by atoms with Gasteiger partial charge in [0.05, 0.1) is 6.10 Å². The van der Waals surface area contributed by atoms with Crippen LogP contribution in [0.4, 0.5) is 0 Å². The Hall–Kier alpha value is 0.270. The van der Waals surface area contributed by atoms with Gasteiger partial charge < -0.3 is 10.1 Å². The van der Waals surface area contributed by atoms with Crippen molar-refractivity contribution in [1.29, 1.82) is 0 Å². The van der Waals surface area contributed by atoms with Crippen LogP contribution in [0.15, 0.2) is 0 Å². The molecule has 0 aromatic carbocycles. The summed E-state index contributed by atoms with van der Waals surface area (Å²) in [4.78, 5) is 0. The SMILES string of the molecule is CC(C)CNCCSC1CCOC1C. The Morgan fingerprint density at radius 3 is 2.86 bits per heavy atom. The van der Waals surface area contributed by atoms with Gasteiger partial charge in [0.2, 0.25) is 0 Å². The van der Waals surface area contributed by atoms with E-state index >= 15 is 0 Å². The summed E-state index contributed by atoms with van der Waals surface area (Å²) in [5, 5.41) is 4.19. The van der Waals surface area contributed by atoms with Crippen molar-refractivity contribution in [3.63, 3.8) is 0 Å². The highest BCUT2D eigenvalue weighted by molar-refractivity contribution is 8.00. The number of nitrogens with one attached hydrogen (secondary N) is 1. The number of thioether (sulfide) groups is 1. The minimum Gasteiger partial charge on any atom is -0.377 e. The van der Waals surface area contributed by atoms with Crippen LogP contribution in [0.2, 0.25) is 0 Å². The Morgan fingerprint density at radius 1 is 1.50 bits per heavy atom. The highest BCUT2D eigenvalue weighted by Gasteiger charge is 2.23. The Morgan fingerprint density at radius 2 is 2.29 bits per heavy atom. The molecule has 0 aromatic heterocycles. The van der Waals surface area contributed by atoms with Gasteiger partial charge in [-0.15, -0.1) is 0 Å². The van der Waals surface area contributed by atoms with E-state index in [1.807, 2.05) is 0 Å². The molecule has 0 aromatic rings. The molecular weight excluding hydrogens is 194 g/mol. The molecule has 1 rings (SSSR count). The van der Waals surface area contributed by atoms with Crippen molar-refractivity contribution >= 4 is 11.8 Å². The Bertz CT molecular complexity index is 152. The number of rotatable bonds is 6. The van der Waals surface area contributed by atoms with Gasteiger partial charge in [-0.2, -0.15) is 11.8 Å². The smallest absolute Gasteiger partial charge is 0.0666 e. The third-order valence-corrected chi connectivity index (χ3v) is 3.96. The zero-order valence-corrected chi connectivity index (χ0v) is 10.4. The van der Waals surface area contributed by atoms with Gasteiger partial charge in [-0.25, -0.2) is 0 Å². The van der Waals surface area contributed by atoms with Crippen molar-refractivity contribution in [3.8, 4) is 0 Å². The van der Waals surface area contributed by atoms with Crippen LogP contribution in [0.5, 0.6) is 0 Å². The molecule has 2 atom stereocenters. The Kier molecular flexibility index (Phi) is 5.90. The molecular formula is C11H23NOS. The van der Waals surface area contributed by atoms with Crippen molar-refractivity contribution in [3.05, 3.63) is 0 Å². The first-order chi connectivity index (χ1) is 6.70. The largest absolute Gasteiger partial charge is 0.377 e. The summed E-state index contributed by atoms with van der Waals surface area (Å²) in [6, 6.07) is 0. The lowest BCUT2D eigenvalue weighted by Gasteiger charge is -2.13. The fraction of sp³-hybridized carbons (Fsp3) is 1.00. The van der Waals surface area contributed by atoms with E-state index in [2.05, 4.69) is 37.8 Å². The van der Waals surface area contributed by atoms with Crippen molar-refractivity contribution in [2.45, 2.75) is 38.5 Å². The van der Waals surface area contributed by atoms with Crippen molar-refractivity contribution in [2.75, 3.05) is 25.4 Å². The van der Waals surface area contributed by atoms with Crippen LogP contribution in [0.25, 0.3) is 0 Å². The van der Waals surface area contributed by atoms with Gasteiger partial charge in [0, 0.05) is 24.2 Å². The molecule has 0 amide bonds. The third-order valence-electron chi connectivity index (χ3n) is 2.47. The van der Waals surface area contributed by atoms with Crippen LogP contribution in [0.3, 0.4) is 0 Å². The summed E-state index contributed by atoms with van der Waals surface area (Å²) >= 11 is 2.06. The topological polar surface area (TPSA) is 21.3 Å². The van der Waals surface area contributed by atoms with Gasteiger partial charge in [-0.1, -0.05) is 13.8 Å². The normalized spacial score (nSPS) is 27.4. The lowest BCUT2D eigenvalue weighted by atomic mass is 10.2. The molecule has 1 aliphatic rings. The average molecular weight is 217 g/mol. The molecule has 1 N–H and O–H groups in total. The maximum Gasteiger partial charge on any atom is 0.0666 e. The zero-order chi connectivity index (χ0) is 10.4. The predicted octanol–water partition coefficient (Wildman–Crippen LogP) is 2.14. The maximum atomic E-state index is 5.52. The average Bonchev–Trinajstić information content (AvgIpc) is 2.51. The van der Waals surface area contributed by atoms with E-state index in [0.717, 1.165) is 30.9 Å². The molecule has 0 bridgehead atoms. The third kappa shape index (κ3) is 4.67. The highest BCUT2D eigenvalue weighted by atomic mass is 32.2. The fourth-order valence-corrected chi connectivity index (χ4v) is 2.78. The van der Waals surface area contributed by atoms with E-state index < -0.39 is 0 Å². The molecule has 2 nitrogen and oxygen atoms in total. The molecule has 2 unspecified atom stereocenters. The van der Waals surface area contributed by atoms with Crippen molar-refractivity contribution < 1.29 is 4.74 Å². The lowest BCUT2D eigenvalue weighted by Crippen LogP contribution is -2.23. The van der Waals surface area contributed by atoms with Gasteiger partial charge in [0.15, 0.2) is 0 Å². The van der Waals surface area contributed by atoms with E-state index in [9.17, 15) is 0 Å². The van der Waals surface area contributed by atoms with Gasteiger partial charge in [0.25, 0.3) is 0 Å². The Labute approximate surface area is 92.2 Å². The molecule has 0 radical (unpaired) electrons. The second-order valence-corrected chi connectivity index (χ2v) is 5.72. The molecule has 3 heteroatoms. The number of ether oxygens (including phenoxy) is 1. The standard InChI is InChI=1S/C11H23NOS/c1-9(2)8-12-5-7-14-11-4-6-13-10(11)3/h9-12H,4-8H2,1-3H3. The number of hydrogen-bond donors (Lipinski definition) is 1. The summed E-state index contributed by atoms with van der Waals surface area (Å²) < 4.78 is 5.52. The maximum absolute atomic E-state index is 5.52. The van der Waals surface area contributed by atoms with Gasteiger partial charge in [0.1, 0.15) is 0 Å². The molecule has 1 fully saturated rings. The summed E-state index contributed by atoms with van der Waals surface area (Å²) in [5.41, 5.74) is 0. The molecule has 0 saturated carbocycles. The quantitative estimate of drug-likeness (QED) is 0.689. The second kappa shape index (κ2) is 6.70. The van der Waals surface area contributed by atoms with Crippen LogP contribution in [0.1, 0.15) is 27.2 Å². The minimum absolute atomic E-state index is 0.463. The molecule has 1 aliphatic heterocycles. The van der Waals surface area contributed by atoms with Crippen LogP contribution in [-0.4, -0.2) is 36.8 Å². The molecule has 84 valence electrons. The summed E-state index contributed by atoms with van der Waals surface area (Å²) in [7, 11) is 0. The molecule has 0 aliphatic carbocycles. The monoisotopic (exact) mass is 217 g/mol. The summed E-state index contributed by atoms with van der Waals surface area (Å²) in [5.74, 6) is 1.97.